The van der Waals surface area contributed by atoms with E-state index in [2.05, 4.69) is 5.32 Å². The molecule has 1 aromatic carbocycles. The van der Waals surface area contributed by atoms with Crippen LogP contribution in [0, 0.1) is 11.3 Å². The number of nitrogens with zero attached hydrogens (tertiary/aromatic N) is 1. The van der Waals surface area contributed by atoms with E-state index in [0.29, 0.717) is 6.42 Å². The number of aliphatic hydroxyl groups excluding tert-OH is 1. The Balaban J connectivity index is 2.26. The van der Waals surface area contributed by atoms with E-state index in [1.54, 1.807) is 0 Å². The molecule has 0 amide bonds. The predicted molar refractivity (Wildman–Crippen MR) is 63.4 cm³/mol. The maximum Gasteiger partial charge on any atom is 0.417 e. The summed E-state index contributed by atoms with van der Waals surface area (Å²) in [5.41, 5.74) is -1.07. The van der Waals surface area contributed by atoms with Crippen LogP contribution in [0.5, 0.6) is 0 Å². The van der Waals surface area contributed by atoms with Gasteiger partial charge in [-0.1, -0.05) is 0 Å². The van der Waals surface area contributed by atoms with Crippen LogP contribution in [0.3, 0.4) is 0 Å². The molecule has 0 aromatic heterocycles. The zero-order valence-electron chi connectivity index (χ0n) is 10.0. The number of rotatable bonds is 2. The van der Waals surface area contributed by atoms with Gasteiger partial charge in [0.2, 0.25) is 0 Å². The summed E-state index contributed by atoms with van der Waals surface area (Å²) in [6.45, 7) is 0. The third kappa shape index (κ3) is 2.99. The normalized spacial score (nSPS) is 23.1. The summed E-state index contributed by atoms with van der Waals surface area (Å²) in [6, 6.07) is 4.80. The molecule has 0 radical (unpaired) electrons. The minimum Gasteiger partial charge on any atom is -0.391 e. The minimum absolute atomic E-state index is 0.228. The summed E-state index contributed by atoms with van der Waals surface area (Å²) in [7, 11) is 0. The molecule has 1 saturated carbocycles. The Bertz CT molecular complexity index is 508. The molecule has 2 rings (SSSR count). The largest absolute Gasteiger partial charge is 0.417 e. The highest BCUT2D eigenvalue weighted by Gasteiger charge is 2.34. The van der Waals surface area contributed by atoms with Crippen LogP contribution in [0.15, 0.2) is 18.2 Å². The van der Waals surface area contributed by atoms with Crippen molar-refractivity contribution >= 4 is 5.69 Å². The van der Waals surface area contributed by atoms with Crippen molar-refractivity contribution in [3.8, 4) is 6.07 Å². The van der Waals surface area contributed by atoms with E-state index in [9.17, 15) is 18.3 Å². The molecule has 1 aliphatic rings. The number of halogens is 3. The lowest BCUT2D eigenvalue weighted by Crippen LogP contribution is -2.28. The van der Waals surface area contributed by atoms with Gasteiger partial charge in [-0.2, -0.15) is 18.4 Å². The van der Waals surface area contributed by atoms with Crippen molar-refractivity contribution in [2.75, 3.05) is 5.32 Å². The van der Waals surface area contributed by atoms with Gasteiger partial charge in [-0.3, -0.25) is 0 Å². The Hall–Kier alpha value is -1.74. The summed E-state index contributed by atoms with van der Waals surface area (Å²) in [6.07, 6.45) is -2.87. The average molecular weight is 270 g/mol. The van der Waals surface area contributed by atoms with Crippen LogP contribution in [0.4, 0.5) is 18.9 Å². The summed E-state index contributed by atoms with van der Waals surface area (Å²) in [5.74, 6) is 0. The number of aliphatic hydroxyl groups is 1. The first-order valence-electron chi connectivity index (χ1n) is 5.98. The Labute approximate surface area is 108 Å². The average Bonchev–Trinajstić information content (AvgIpc) is 2.74. The number of hydrogen-bond donors (Lipinski definition) is 2. The maximum atomic E-state index is 12.8. The van der Waals surface area contributed by atoms with Crippen LogP contribution in [0.1, 0.15) is 30.4 Å². The lowest BCUT2D eigenvalue weighted by Gasteiger charge is -2.19. The predicted octanol–water partition coefficient (Wildman–Crippen LogP) is 2.90. The van der Waals surface area contributed by atoms with Gasteiger partial charge in [-0.15, -0.1) is 0 Å². The van der Waals surface area contributed by atoms with Crippen LogP contribution in [0.2, 0.25) is 0 Å². The second kappa shape index (κ2) is 5.10. The van der Waals surface area contributed by atoms with E-state index in [4.69, 9.17) is 5.26 Å². The standard InChI is InChI=1S/C13H13F3N2O/c14-13(15,16)10-6-9(5-4-8(10)7-17)18-11-2-1-3-12(11)19/h4-6,11-12,18-19H,1-3H2. The van der Waals surface area contributed by atoms with Gasteiger partial charge >= 0.3 is 6.18 Å². The summed E-state index contributed by atoms with van der Waals surface area (Å²) < 4.78 is 38.3. The van der Waals surface area contributed by atoms with Crippen LogP contribution in [0.25, 0.3) is 0 Å². The molecule has 0 heterocycles. The van der Waals surface area contributed by atoms with Crippen molar-refractivity contribution in [2.24, 2.45) is 0 Å². The molecule has 0 saturated heterocycles. The molecule has 2 N–H and O–H groups in total. The Kier molecular flexibility index (Phi) is 3.67. The number of hydrogen-bond acceptors (Lipinski definition) is 3. The zero-order chi connectivity index (χ0) is 14.0. The number of nitriles is 1. The van der Waals surface area contributed by atoms with Crippen LogP contribution >= 0.6 is 0 Å². The lowest BCUT2D eigenvalue weighted by molar-refractivity contribution is -0.137. The SMILES string of the molecule is N#Cc1ccc(NC2CCCC2O)cc1C(F)(F)F. The fraction of sp³-hybridized carbons (Fsp3) is 0.462. The lowest BCUT2D eigenvalue weighted by atomic mass is 10.1. The van der Waals surface area contributed by atoms with E-state index in [0.717, 1.165) is 25.0 Å². The van der Waals surface area contributed by atoms with Gasteiger partial charge < -0.3 is 10.4 Å². The molecule has 0 spiro atoms. The van der Waals surface area contributed by atoms with Gasteiger partial charge in [0.15, 0.2) is 0 Å². The monoisotopic (exact) mass is 270 g/mol. The van der Waals surface area contributed by atoms with E-state index in [1.807, 2.05) is 0 Å². The molecule has 0 bridgehead atoms. The first kappa shape index (κ1) is 13.7. The zero-order valence-corrected chi connectivity index (χ0v) is 10.0. The Morgan fingerprint density at radius 1 is 1.32 bits per heavy atom. The Morgan fingerprint density at radius 2 is 2.05 bits per heavy atom. The van der Waals surface area contributed by atoms with Crippen molar-refractivity contribution in [2.45, 2.75) is 37.6 Å². The van der Waals surface area contributed by atoms with Crippen molar-refractivity contribution < 1.29 is 18.3 Å². The topological polar surface area (TPSA) is 56.0 Å². The fourth-order valence-corrected chi connectivity index (χ4v) is 2.29. The quantitative estimate of drug-likeness (QED) is 0.868. The molecule has 3 nitrogen and oxygen atoms in total. The van der Waals surface area contributed by atoms with E-state index < -0.39 is 23.4 Å². The molecule has 2 unspecified atom stereocenters. The summed E-state index contributed by atoms with van der Waals surface area (Å²) in [4.78, 5) is 0. The van der Waals surface area contributed by atoms with Crippen LogP contribution in [-0.4, -0.2) is 17.3 Å². The number of alkyl halides is 3. The molecule has 0 aliphatic heterocycles. The highest BCUT2D eigenvalue weighted by Crippen LogP contribution is 2.34. The maximum absolute atomic E-state index is 12.8. The first-order valence-corrected chi connectivity index (χ1v) is 5.98. The summed E-state index contributed by atoms with van der Waals surface area (Å²) >= 11 is 0. The third-order valence-electron chi connectivity index (χ3n) is 3.28. The Morgan fingerprint density at radius 3 is 2.58 bits per heavy atom. The molecule has 1 aromatic rings. The number of nitrogens with one attached hydrogen (secondary N) is 1. The second-order valence-electron chi connectivity index (χ2n) is 4.62. The molecule has 1 fully saturated rings. The number of benzene rings is 1. The smallest absolute Gasteiger partial charge is 0.391 e. The molecule has 102 valence electrons. The molecule has 1 aliphatic carbocycles. The molecular weight excluding hydrogens is 257 g/mol. The van der Waals surface area contributed by atoms with Gasteiger partial charge in [0.05, 0.1) is 29.3 Å². The fourth-order valence-electron chi connectivity index (χ4n) is 2.29. The minimum atomic E-state index is -4.56. The van der Waals surface area contributed by atoms with E-state index >= 15 is 0 Å². The highest BCUT2D eigenvalue weighted by molar-refractivity contribution is 5.53. The molecule has 2 atom stereocenters. The van der Waals surface area contributed by atoms with Crippen molar-refractivity contribution in [1.29, 1.82) is 5.26 Å². The van der Waals surface area contributed by atoms with Crippen molar-refractivity contribution in [1.82, 2.24) is 0 Å². The number of anilines is 1. The van der Waals surface area contributed by atoms with Crippen molar-refractivity contribution in [3.63, 3.8) is 0 Å². The molecule has 19 heavy (non-hydrogen) atoms. The van der Waals surface area contributed by atoms with Crippen molar-refractivity contribution in [3.05, 3.63) is 29.3 Å². The summed E-state index contributed by atoms with van der Waals surface area (Å²) in [5, 5.41) is 21.2. The molecular formula is C13H13F3N2O. The van der Waals surface area contributed by atoms with Crippen LogP contribution < -0.4 is 5.32 Å². The van der Waals surface area contributed by atoms with E-state index in [1.165, 1.54) is 12.1 Å². The first-order chi connectivity index (χ1) is 8.91. The van der Waals surface area contributed by atoms with Gasteiger partial charge in [0.25, 0.3) is 0 Å². The highest BCUT2D eigenvalue weighted by atomic mass is 19.4. The van der Waals surface area contributed by atoms with Gasteiger partial charge in [0.1, 0.15) is 0 Å². The van der Waals surface area contributed by atoms with Gasteiger partial charge in [-0.05, 0) is 37.5 Å². The third-order valence-corrected chi connectivity index (χ3v) is 3.28. The molecule has 6 heteroatoms. The van der Waals surface area contributed by atoms with Gasteiger partial charge in [0, 0.05) is 5.69 Å². The van der Waals surface area contributed by atoms with Gasteiger partial charge in [-0.25, -0.2) is 0 Å². The van der Waals surface area contributed by atoms with E-state index in [-0.39, 0.29) is 11.7 Å². The second-order valence-corrected chi connectivity index (χ2v) is 4.62. The van der Waals surface area contributed by atoms with Crippen LogP contribution in [-0.2, 0) is 6.18 Å².